The maximum atomic E-state index is 12.6. The van der Waals surface area contributed by atoms with Gasteiger partial charge in [0.05, 0.1) is 5.57 Å². The molecule has 156 valence electrons. The molecule has 1 heterocycles. The van der Waals surface area contributed by atoms with Crippen molar-refractivity contribution in [3.05, 3.63) is 83.6 Å². The molecule has 0 spiro atoms. The summed E-state index contributed by atoms with van der Waals surface area (Å²) in [7, 11) is 0. The number of rotatable bonds is 5. The molecule has 0 saturated heterocycles. The van der Waals surface area contributed by atoms with Crippen molar-refractivity contribution in [2.75, 3.05) is 6.26 Å². The van der Waals surface area contributed by atoms with Gasteiger partial charge in [0.15, 0.2) is 11.5 Å². The van der Waals surface area contributed by atoms with E-state index in [1.54, 1.807) is 30.1 Å². The van der Waals surface area contributed by atoms with E-state index in [-0.39, 0.29) is 11.5 Å². The van der Waals surface area contributed by atoms with Gasteiger partial charge in [-0.05, 0) is 53.3 Å². The van der Waals surface area contributed by atoms with Crippen molar-refractivity contribution in [3.63, 3.8) is 0 Å². The standard InChI is InChI=1S/C24H20N2O4S/c1-31-22-5-3-2-4-16(22)15-7-8-17-18(11-15)19(24(30)26-23(17)29)13-25-12-14-6-9-20(27)21(28)10-14/h2-11,13,25,27-28H,12H2,1H3,(H,26,29,30)/b19-13+. The molecule has 0 saturated carbocycles. The van der Waals surface area contributed by atoms with E-state index < -0.39 is 11.8 Å². The fourth-order valence-corrected chi connectivity index (χ4v) is 4.09. The molecule has 4 N–H and O–H groups in total. The van der Waals surface area contributed by atoms with E-state index in [9.17, 15) is 19.8 Å². The number of carbonyl (C=O) groups excluding carboxylic acids is 2. The van der Waals surface area contributed by atoms with Crippen molar-refractivity contribution >= 4 is 29.1 Å². The van der Waals surface area contributed by atoms with Gasteiger partial charge >= 0.3 is 0 Å². The number of hydrogen-bond donors (Lipinski definition) is 4. The number of amides is 2. The fourth-order valence-electron chi connectivity index (χ4n) is 3.47. The number of nitrogens with one attached hydrogen (secondary N) is 2. The monoisotopic (exact) mass is 432 g/mol. The molecule has 3 aromatic rings. The third kappa shape index (κ3) is 4.13. The number of hydrogen-bond acceptors (Lipinski definition) is 6. The molecule has 3 aromatic carbocycles. The summed E-state index contributed by atoms with van der Waals surface area (Å²) in [5.41, 5.74) is 4.01. The van der Waals surface area contributed by atoms with Crippen molar-refractivity contribution in [1.82, 2.24) is 10.6 Å². The largest absolute Gasteiger partial charge is 0.504 e. The molecule has 0 bridgehead atoms. The highest BCUT2D eigenvalue weighted by molar-refractivity contribution is 7.98. The number of aromatic hydroxyl groups is 2. The minimum atomic E-state index is -0.478. The Morgan fingerprint density at radius 3 is 2.48 bits per heavy atom. The Kier molecular flexibility index (Phi) is 5.68. The number of phenols is 2. The van der Waals surface area contributed by atoms with E-state index in [1.807, 2.05) is 42.7 Å². The topological polar surface area (TPSA) is 98.7 Å². The van der Waals surface area contributed by atoms with Gasteiger partial charge in [-0.3, -0.25) is 14.9 Å². The highest BCUT2D eigenvalue weighted by Crippen LogP contribution is 2.34. The minimum absolute atomic E-state index is 0.195. The van der Waals surface area contributed by atoms with E-state index in [0.29, 0.717) is 23.2 Å². The summed E-state index contributed by atoms with van der Waals surface area (Å²) in [6.07, 6.45) is 3.57. The van der Waals surface area contributed by atoms with E-state index in [2.05, 4.69) is 10.6 Å². The summed E-state index contributed by atoms with van der Waals surface area (Å²) in [5.74, 6) is -1.31. The van der Waals surface area contributed by atoms with Crippen LogP contribution in [-0.2, 0) is 11.3 Å². The Bertz CT molecular complexity index is 1220. The summed E-state index contributed by atoms with van der Waals surface area (Å²) in [6.45, 7) is 0.322. The molecule has 0 fully saturated rings. The number of thioether (sulfide) groups is 1. The maximum Gasteiger partial charge on any atom is 0.260 e. The van der Waals surface area contributed by atoms with Crippen LogP contribution in [0.2, 0.25) is 0 Å². The second kappa shape index (κ2) is 8.57. The molecule has 2 amide bonds. The third-order valence-electron chi connectivity index (χ3n) is 5.04. The van der Waals surface area contributed by atoms with E-state index in [0.717, 1.165) is 21.6 Å². The molecule has 0 aromatic heterocycles. The average molecular weight is 433 g/mol. The van der Waals surface area contributed by atoms with Crippen molar-refractivity contribution in [1.29, 1.82) is 0 Å². The first-order valence-electron chi connectivity index (χ1n) is 9.56. The summed E-state index contributed by atoms with van der Waals surface area (Å²) in [5, 5.41) is 24.5. The number of carbonyl (C=O) groups is 2. The molecule has 0 aliphatic carbocycles. The number of imide groups is 1. The molecule has 1 aliphatic heterocycles. The van der Waals surface area contributed by atoms with Crippen LogP contribution in [0.25, 0.3) is 16.7 Å². The molecular weight excluding hydrogens is 412 g/mol. The van der Waals surface area contributed by atoms with Gasteiger partial charge in [-0.2, -0.15) is 0 Å². The van der Waals surface area contributed by atoms with Crippen molar-refractivity contribution < 1.29 is 19.8 Å². The van der Waals surface area contributed by atoms with Crippen LogP contribution < -0.4 is 10.6 Å². The van der Waals surface area contributed by atoms with Gasteiger partial charge in [0.25, 0.3) is 11.8 Å². The third-order valence-corrected chi connectivity index (χ3v) is 5.83. The summed E-state index contributed by atoms with van der Waals surface area (Å²) < 4.78 is 0. The maximum absolute atomic E-state index is 12.6. The highest BCUT2D eigenvalue weighted by atomic mass is 32.2. The summed E-state index contributed by atoms with van der Waals surface area (Å²) >= 11 is 1.63. The Balaban J connectivity index is 1.69. The SMILES string of the molecule is CSc1ccccc1-c1ccc2c(c1)/C(=C\NCc1ccc(O)c(O)c1)C(=O)NC2=O. The lowest BCUT2D eigenvalue weighted by Gasteiger charge is -2.20. The van der Waals surface area contributed by atoms with Crippen molar-refractivity contribution in [2.24, 2.45) is 0 Å². The fraction of sp³-hybridized carbons (Fsp3) is 0.0833. The summed E-state index contributed by atoms with van der Waals surface area (Å²) in [6, 6.07) is 18.0. The van der Waals surface area contributed by atoms with Gasteiger partial charge in [-0.15, -0.1) is 11.8 Å². The molecule has 1 aliphatic rings. The number of phenolic OH excluding ortho intramolecular Hbond substituents is 2. The van der Waals surface area contributed by atoms with Gasteiger partial charge < -0.3 is 15.5 Å². The highest BCUT2D eigenvalue weighted by Gasteiger charge is 2.27. The molecule has 0 unspecified atom stereocenters. The Morgan fingerprint density at radius 2 is 1.71 bits per heavy atom. The zero-order valence-corrected chi connectivity index (χ0v) is 17.5. The van der Waals surface area contributed by atoms with Crippen molar-refractivity contribution in [3.8, 4) is 22.6 Å². The first kappa shape index (κ1) is 20.6. The molecule has 6 nitrogen and oxygen atoms in total. The zero-order valence-electron chi connectivity index (χ0n) is 16.7. The lowest BCUT2D eigenvalue weighted by molar-refractivity contribution is -0.114. The molecule has 31 heavy (non-hydrogen) atoms. The van der Waals surface area contributed by atoms with E-state index in [1.165, 1.54) is 12.1 Å². The normalized spacial score (nSPS) is 14.3. The Hall–Kier alpha value is -3.71. The van der Waals surface area contributed by atoms with Crippen LogP contribution in [0.4, 0.5) is 0 Å². The lowest BCUT2D eigenvalue weighted by atomic mass is 9.91. The van der Waals surface area contributed by atoms with Crippen LogP contribution >= 0.6 is 11.8 Å². The number of benzene rings is 3. The molecule has 7 heteroatoms. The summed E-state index contributed by atoms with van der Waals surface area (Å²) in [4.78, 5) is 26.0. The predicted octanol–water partition coefficient (Wildman–Crippen LogP) is 3.89. The first-order chi connectivity index (χ1) is 15.0. The average Bonchev–Trinajstić information content (AvgIpc) is 2.78. The van der Waals surface area contributed by atoms with Crippen LogP contribution in [-0.4, -0.2) is 28.3 Å². The molecular formula is C24H20N2O4S. The van der Waals surface area contributed by atoms with Crippen LogP contribution in [0.3, 0.4) is 0 Å². The number of fused-ring (bicyclic) bond motifs is 1. The van der Waals surface area contributed by atoms with Gasteiger partial charge in [-0.1, -0.05) is 30.3 Å². The predicted molar refractivity (Wildman–Crippen MR) is 121 cm³/mol. The Labute approximate surface area is 183 Å². The van der Waals surface area contributed by atoms with Crippen LogP contribution in [0.15, 0.2) is 71.8 Å². The van der Waals surface area contributed by atoms with E-state index in [4.69, 9.17) is 0 Å². The van der Waals surface area contributed by atoms with Crippen LogP contribution in [0.5, 0.6) is 11.5 Å². The second-order valence-corrected chi connectivity index (χ2v) is 7.85. The molecule has 0 radical (unpaired) electrons. The van der Waals surface area contributed by atoms with Gasteiger partial charge in [-0.25, -0.2) is 0 Å². The van der Waals surface area contributed by atoms with Crippen LogP contribution in [0, 0.1) is 0 Å². The van der Waals surface area contributed by atoms with Crippen LogP contribution in [0.1, 0.15) is 21.5 Å². The quantitative estimate of drug-likeness (QED) is 0.211. The zero-order chi connectivity index (χ0) is 22.0. The second-order valence-electron chi connectivity index (χ2n) is 7.01. The van der Waals surface area contributed by atoms with E-state index >= 15 is 0 Å². The lowest BCUT2D eigenvalue weighted by Crippen LogP contribution is -2.37. The van der Waals surface area contributed by atoms with Gasteiger partial charge in [0.2, 0.25) is 0 Å². The minimum Gasteiger partial charge on any atom is -0.504 e. The smallest absolute Gasteiger partial charge is 0.260 e. The van der Waals surface area contributed by atoms with Gasteiger partial charge in [0.1, 0.15) is 0 Å². The van der Waals surface area contributed by atoms with Gasteiger partial charge in [0, 0.05) is 28.8 Å². The Morgan fingerprint density at radius 1 is 0.903 bits per heavy atom. The first-order valence-corrected chi connectivity index (χ1v) is 10.8. The van der Waals surface area contributed by atoms with Crippen molar-refractivity contribution in [2.45, 2.75) is 11.4 Å². The molecule has 0 atom stereocenters. The molecule has 4 rings (SSSR count).